The first-order valence-electron chi connectivity index (χ1n) is 10.5. The van der Waals surface area contributed by atoms with E-state index in [-0.39, 0.29) is 11.9 Å². The maximum absolute atomic E-state index is 12.4. The Kier molecular flexibility index (Phi) is 6.66. The van der Waals surface area contributed by atoms with Gasteiger partial charge in [0.2, 0.25) is 17.6 Å². The number of aryl methyl sites for hydroxylation is 1. The number of halogens is 1. The zero-order chi connectivity index (χ0) is 22.5. The summed E-state index contributed by atoms with van der Waals surface area (Å²) < 4.78 is 7.19. The van der Waals surface area contributed by atoms with Gasteiger partial charge < -0.3 is 9.84 Å². The Morgan fingerprint density at radius 3 is 2.66 bits per heavy atom. The summed E-state index contributed by atoms with van der Waals surface area (Å²) in [4.78, 5) is 16.8. The lowest BCUT2D eigenvalue weighted by atomic mass is 10.1. The van der Waals surface area contributed by atoms with E-state index in [1.807, 2.05) is 67.2 Å². The van der Waals surface area contributed by atoms with Crippen LogP contribution in [0.15, 0.2) is 65.3 Å². The highest BCUT2D eigenvalue weighted by Crippen LogP contribution is 2.21. The second kappa shape index (κ2) is 9.78. The molecule has 0 saturated carbocycles. The first-order chi connectivity index (χ1) is 15.5. The summed E-state index contributed by atoms with van der Waals surface area (Å²) in [5.74, 6) is 0.998. The largest absolute Gasteiger partial charge is 0.349 e. The van der Waals surface area contributed by atoms with Crippen molar-refractivity contribution in [2.45, 2.75) is 39.2 Å². The number of para-hydroxylation sites is 1. The number of amides is 1. The molecule has 2 aromatic heterocycles. The van der Waals surface area contributed by atoms with Gasteiger partial charge in [0, 0.05) is 34.7 Å². The lowest BCUT2D eigenvalue weighted by Gasteiger charge is -2.14. The number of carbonyl (C=O) groups is 1. The maximum atomic E-state index is 12.4. The summed E-state index contributed by atoms with van der Waals surface area (Å²) in [7, 11) is 0. The Morgan fingerprint density at radius 2 is 1.91 bits per heavy atom. The molecule has 0 aliphatic rings. The zero-order valence-corrected chi connectivity index (χ0v) is 18.7. The Balaban J connectivity index is 1.28. The van der Waals surface area contributed by atoms with Crippen molar-refractivity contribution >= 4 is 17.5 Å². The maximum Gasteiger partial charge on any atom is 0.226 e. The molecule has 1 atom stereocenters. The van der Waals surface area contributed by atoms with E-state index in [1.165, 1.54) is 0 Å². The molecule has 0 fully saturated rings. The van der Waals surface area contributed by atoms with E-state index in [0.29, 0.717) is 36.0 Å². The van der Waals surface area contributed by atoms with Crippen LogP contribution in [0.25, 0.3) is 17.1 Å². The van der Waals surface area contributed by atoms with Gasteiger partial charge in [0.05, 0.1) is 17.9 Å². The molecule has 2 aromatic carbocycles. The van der Waals surface area contributed by atoms with Gasteiger partial charge in [0.1, 0.15) is 0 Å². The van der Waals surface area contributed by atoms with Crippen LogP contribution >= 0.6 is 11.6 Å². The summed E-state index contributed by atoms with van der Waals surface area (Å²) in [5, 5.41) is 12.2. The lowest BCUT2D eigenvalue weighted by molar-refractivity contribution is -0.121. The van der Waals surface area contributed by atoms with Gasteiger partial charge in [-0.2, -0.15) is 10.1 Å². The van der Waals surface area contributed by atoms with Crippen LogP contribution in [-0.4, -0.2) is 25.8 Å². The van der Waals surface area contributed by atoms with Crippen molar-refractivity contribution in [3.63, 3.8) is 0 Å². The minimum absolute atomic E-state index is 0.0261. The third-order valence-electron chi connectivity index (χ3n) is 5.26. The second-order valence-corrected chi connectivity index (χ2v) is 8.03. The number of hydrogen-bond acceptors (Lipinski definition) is 5. The van der Waals surface area contributed by atoms with E-state index in [9.17, 15) is 4.79 Å². The Labute approximate surface area is 191 Å². The van der Waals surface area contributed by atoms with Crippen LogP contribution in [0.5, 0.6) is 0 Å². The molecule has 164 valence electrons. The fourth-order valence-corrected chi connectivity index (χ4v) is 3.67. The molecule has 8 heteroatoms. The van der Waals surface area contributed by atoms with E-state index in [0.717, 1.165) is 22.5 Å². The standard InChI is InChI=1S/C24H24ClN5O2/c1-16(21-15-26-30(17(21)2)20-7-4-3-5-8-20)27-22(31)9-6-10-23-28-24(29-32-23)18-11-13-19(25)14-12-18/h3-5,7-8,11-16H,6,9-10H2,1-2H3,(H,27,31). The molecule has 0 aliphatic heterocycles. The van der Waals surface area contributed by atoms with E-state index < -0.39 is 0 Å². The Morgan fingerprint density at radius 1 is 1.16 bits per heavy atom. The highest BCUT2D eigenvalue weighted by atomic mass is 35.5. The fourth-order valence-electron chi connectivity index (χ4n) is 3.54. The van der Waals surface area contributed by atoms with Crippen LogP contribution in [0.3, 0.4) is 0 Å². The van der Waals surface area contributed by atoms with E-state index in [1.54, 1.807) is 12.1 Å². The number of nitrogens with one attached hydrogen (secondary N) is 1. The van der Waals surface area contributed by atoms with Gasteiger partial charge in [-0.15, -0.1) is 0 Å². The Bertz CT molecular complexity index is 1180. The molecule has 1 N–H and O–H groups in total. The highest BCUT2D eigenvalue weighted by molar-refractivity contribution is 6.30. The molecule has 4 aromatic rings. The highest BCUT2D eigenvalue weighted by Gasteiger charge is 2.16. The van der Waals surface area contributed by atoms with Gasteiger partial charge >= 0.3 is 0 Å². The molecule has 0 spiro atoms. The average Bonchev–Trinajstić information content (AvgIpc) is 3.42. The summed E-state index contributed by atoms with van der Waals surface area (Å²) >= 11 is 5.91. The van der Waals surface area contributed by atoms with E-state index >= 15 is 0 Å². The summed E-state index contributed by atoms with van der Waals surface area (Å²) in [6.07, 6.45) is 3.33. The molecule has 32 heavy (non-hydrogen) atoms. The molecule has 4 rings (SSSR count). The molecular formula is C24H24ClN5O2. The second-order valence-electron chi connectivity index (χ2n) is 7.59. The minimum Gasteiger partial charge on any atom is -0.349 e. The molecule has 0 aliphatic carbocycles. The molecule has 0 bridgehead atoms. The molecule has 0 saturated heterocycles. The van der Waals surface area contributed by atoms with Crippen LogP contribution < -0.4 is 5.32 Å². The number of carbonyl (C=O) groups excluding carboxylic acids is 1. The summed E-state index contributed by atoms with van der Waals surface area (Å²) in [6.45, 7) is 3.97. The van der Waals surface area contributed by atoms with Crippen molar-refractivity contribution in [2.75, 3.05) is 0 Å². The quantitative estimate of drug-likeness (QED) is 0.405. The number of hydrogen-bond donors (Lipinski definition) is 1. The monoisotopic (exact) mass is 449 g/mol. The summed E-state index contributed by atoms with van der Waals surface area (Å²) in [5.41, 5.74) is 3.82. The van der Waals surface area contributed by atoms with E-state index in [4.69, 9.17) is 16.1 Å². The minimum atomic E-state index is -0.139. The molecule has 0 radical (unpaired) electrons. The van der Waals surface area contributed by atoms with Crippen LogP contribution in [0, 0.1) is 6.92 Å². The molecule has 2 heterocycles. The van der Waals surface area contributed by atoms with Crippen molar-refractivity contribution in [3.05, 3.63) is 83.0 Å². The van der Waals surface area contributed by atoms with Crippen LogP contribution in [-0.2, 0) is 11.2 Å². The van der Waals surface area contributed by atoms with Crippen molar-refractivity contribution in [1.82, 2.24) is 25.2 Å². The van der Waals surface area contributed by atoms with Crippen LogP contribution in [0.1, 0.15) is 43.0 Å². The first-order valence-corrected chi connectivity index (χ1v) is 10.9. The summed E-state index contributed by atoms with van der Waals surface area (Å²) in [6, 6.07) is 17.0. The number of aromatic nitrogens is 4. The normalized spacial score (nSPS) is 12.0. The first kappa shape index (κ1) is 21.8. The predicted octanol–water partition coefficient (Wildman–Crippen LogP) is 5.08. The van der Waals surface area contributed by atoms with Crippen molar-refractivity contribution in [3.8, 4) is 17.1 Å². The van der Waals surface area contributed by atoms with Crippen molar-refractivity contribution in [2.24, 2.45) is 0 Å². The lowest BCUT2D eigenvalue weighted by Crippen LogP contribution is -2.26. The SMILES string of the molecule is Cc1c(C(C)NC(=O)CCCc2nc(-c3ccc(Cl)cc3)no2)cnn1-c1ccccc1. The Hall–Kier alpha value is -3.45. The fraction of sp³-hybridized carbons (Fsp3) is 0.250. The topological polar surface area (TPSA) is 85.8 Å². The van der Waals surface area contributed by atoms with Gasteiger partial charge in [-0.1, -0.05) is 35.0 Å². The number of nitrogens with zero attached hydrogens (tertiary/aromatic N) is 4. The van der Waals surface area contributed by atoms with Crippen molar-refractivity contribution in [1.29, 1.82) is 0 Å². The third-order valence-corrected chi connectivity index (χ3v) is 5.51. The number of benzene rings is 2. The van der Waals surface area contributed by atoms with Crippen molar-refractivity contribution < 1.29 is 9.32 Å². The van der Waals surface area contributed by atoms with Gasteiger partial charge in [-0.3, -0.25) is 4.79 Å². The van der Waals surface area contributed by atoms with Gasteiger partial charge in [0.15, 0.2) is 0 Å². The van der Waals surface area contributed by atoms with Crippen LogP contribution in [0.2, 0.25) is 5.02 Å². The van der Waals surface area contributed by atoms with Gasteiger partial charge in [-0.25, -0.2) is 4.68 Å². The smallest absolute Gasteiger partial charge is 0.226 e. The number of rotatable bonds is 8. The average molecular weight is 450 g/mol. The predicted molar refractivity (Wildman–Crippen MR) is 123 cm³/mol. The molecule has 1 amide bonds. The third kappa shape index (κ3) is 5.06. The van der Waals surface area contributed by atoms with Crippen LogP contribution in [0.4, 0.5) is 0 Å². The molecule has 1 unspecified atom stereocenters. The van der Waals surface area contributed by atoms with Gasteiger partial charge in [-0.05, 0) is 56.7 Å². The van der Waals surface area contributed by atoms with E-state index in [2.05, 4.69) is 20.6 Å². The molecular weight excluding hydrogens is 426 g/mol. The van der Waals surface area contributed by atoms with Gasteiger partial charge in [0.25, 0.3) is 0 Å². The molecule has 7 nitrogen and oxygen atoms in total. The zero-order valence-electron chi connectivity index (χ0n) is 18.0.